The van der Waals surface area contributed by atoms with Crippen molar-refractivity contribution in [3.8, 4) is 0 Å². The molecule has 2 aromatic rings. The average molecular weight is 358 g/mol. The van der Waals surface area contributed by atoms with Crippen molar-refractivity contribution >= 4 is 28.4 Å². The average Bonchev–Trinajstić information content (AvgIpc) is 2.61. The van der Waals surface area contributed by atoms with Crippen LogP contribution >= 0.6 is 0 Å². The summed E-state index contributed by atoms with van der Waals surface area (Å²) in [4.78, 5) is 28.7. The fraction of sp³-hybridized carbons (Fsp3) is 0.444. The number of ether oxygens (including phenoxy) is 1. The van der Waals surface area contributed by atoms with Crippen LogP contribution in [0.3, 0.4) is 0 Å². The van der Waals surface area contributed by atoms with E-state index in [1.54, 1.807) is 17.9 Å². The Bertz CT molecular complexity index is 831. The smallest absolute Gasteiger partial charge is 0.409 e. The number of hydrogen-bond donors (Lipinski definition) is 1. The van der Waals surface area contributed by atoms with E-state index in [0.29, 0.717) is 25.2 Å². The van der Waals surface area contributed by atoms with Crippen LogP contribution in [-0.2, 0) is 4.74 Å². The number of fused-ring (bicyclic) bond motifs is 1. The number of nitro groups is 1. The number of nitrogens with one attached hydrogen (secondary N) is 1. The SMILES string of the molecule is CCOC(=O)N1CCC(Nc2cc(C)nc3c([N+](=O)[O-])cccc23)CC1. The van der Waals surface area contributed by atoms with Gasteiger partial charge in [0.05, 0.1) is 11.5 Å². The highest BCUT2D eigenvalue weighted by Crippen LogP contribution is 2.31. The van der Waals surface area contributed by atoms with Crippen LogP contribution in [0.4, 0.5) is 16.2 Å². The standard InChI is InChI=1S/C18H22N4O4/c1-3-26-18(23)21-9-7-13(8-10-21)20-15-11-12(2)19-17-14(15)5-4-6-16(17)22(24)25/h4-6,11,13H,3,7-10H2,1-2H3,(H,19,20). The highest BCUT2D eigenvalue weighted by molar-refractivity contribution is 5.96. The number of aromatic nitrogens is 1. The van der Waals surface area contributed by atoms with Crippen molar-refractivity contribution in [2.45, 2.75) is 32.7 Å². The molecule has 1 aromatic heterocycles. The lowest BCUT2D eigenvalue weighted by Crippen LogP contribution is -2.42. The number of para-hydroxylation sites is 1. The molecule has 8 nitrogen and oxygen atoms in total. The van der Waals surface area contributed by atoms with Gasteiger partial charge in [-0.25, -0.2) is 9.78 Å². The minimum Gasteiger partial charge on any atom is -0.450 e. The number of pyridine rings is 1. The first-order valence-corrected chi connectivity index (χ1v) is 8.72. The topological polar surface area (TPSA) is 97.6 Å². The van der Waals surface area contributed by atoms with Gasteiger partial charge in [0.15, 0.2) is 5.52 Å². The molecule has 26 heavy (non-hydrogen) atoms. The van der Waals surface area contributed by atoms with Crippen LogP contribution in [0.25, 0.3) is 10.9 Å². The molecular weight excluding hydrogens is 336 g/mol. The van der Waals surface area contributed by atoms with Crippen LogP contribution in [0, 0.1) is 17.0 Å². The number of amides is 1. The Balaban J connectivity index is 1.79. The molecule has 1 aliphatic rings. The highest BCUT2D eigenvalue weighted by Gasteiger charge is 2.24. The van der Waals surface area contributed by atoms with Crippen molar-refractivity contribution in [2.24, 2.45) is 0 Å². The van der Waals surface area contributed by atoms with E-state index >= 15 is 0 Å². The van der Waals surface area contributed by atoms with Gasteiger partial charge in [-0.3, -0.25) is 10.1 Å². The van der Waals surface area contributed by atoms with Crippen molar-refractivity contribution in [3.05, 3.63) is 40.1 Å². The van der Waals surface area contributed by atoms with Gasteiger partial charge in [0.25, 0.3) is 5.69 Å². The number of likely N-dealkylation sites (tertiary alicyclic amines) is 1. The van der Waals surface area contributed by atoms with E-state index in [1.807, 2.05) is 19.1 Å². The van der Waals surface area contributed by atoms with E-state index in [0.717, 1.165) is 29.6 Å². The van der Waals surface area contributed by atoms with Crippen LogP contribution in [0.1, 0.15) is 25.5 Å². The van der Waals surface area contributed by atoms with E-state index in [1.165, 1.54) is 6.07 Å². The first kappa shape index (κ1) is 17.9. The highest BCUT2D eigenvalue weighted by atomic mass is 16.6. The summed E-state index contributed by atoms with van der Waals surface area (Å²) in [6, 6.07) is 7.07. The Morgan fingerprint density at radius 2 is 2.15 bits per heavy atom. The summed E-state index contributed by atoms with van der Waals surface area (Å²) in [5.74, 6) is 0. The fourth-order valence-corrected chi connectivity index (χ4v) is 3.27. The first-order valence-electron chi connectivity index (χ1n) is 8.72. The van der Waals surface area contributed by atoms with Crippen LogP contribution < -0.4 is 5.32 Å². The predicted molar refractivity (Wildman–Crippen MR) is 98.4 cm³/mol. The zero-order valence-electron chi connectivity index (χ0n) is 14.9. The molecule has 3 rings (SSSR count). The monoisotopic (exact) mass is 358 g/mol. The molecule has 1 fully saturated rings. The maximum Gasteiger partial charge on any atom is 0.409 e. The van der Waals surface area contributed by atoms with E-state index in [-0.39, 0.29) is 17.8 Å². The molecule has 1 saturated heterocycles. The summed E-state index contributed by atoms with van der Waals surface area (Å²) >= 11 is 0. The first-order chi connectivity index (χ1) is 12.5. The number of rotatable bonds is 4. The van der Waals surface area contributed by atoms with Crippen molar-refractivity contribution in [1.29, 1.82) is 0 Å². The van der Waals surface area contributed by atoms with Gasteiger partial charge in [-0.2, -0.15) is 0 Å². The van der Waals surface area contributed by atoms with Crippen molar-refractivity contribution < 1.29 is 14.5 Å². The van der Waals surface area contributed by atoms with Crippen molar-refractivity contribution in [3.63, 3.8) is 0 Å². The molecule has 1 aromatic carbocycles. The van der Waals surface area contributed by atoms with Gasteiger partial charge in [0.1, 0.15) is 0 Å². The van der Waals surface area contributed by atoms with Gasteiger partial charge in [0, 0.05) is 42.0 Å². The molecule has 0 unspecified atom stereocenters. The Morgan fingerprint density at radius 3 is 2.81 bits per heavy atom. The fourth-order valence-electron chi connectivity index (χ4n) is 3.27. The molecule has 8 heteroatoms. The molecule has 2 heterocycles. The second-order valence-electron chi connectivity index (χ2n) is 6.35. The lowest BCUT2D eigenvalue weighted by atomic mass is 10.0. The van der Waals surface area contributed by atoms with E-state index in [9.17, 15) is 14.9 Å². The second kappa shape index (κ2) is 7.55. The molecule has 0 atom stereocenters. The minimum absolute atomic E-state index is 0.00591. The quantitative estimate of drug-likeness (QED) is 0.664. The second-order valence-corrected chi connectivity index (χ2v) is 6.35. The number of piperidine rings is 1. The van der Waals surface area contributed by atoms with Crippen LogP contribution in [0.15, 0.2) is 24.3 Å². The predicted octanol–water partition coefficient (Wildman–Crippen LogP) is 3.48. The Kier molecular flexibility index (Phi) is 5.20. The number of carbonyl (C=O) groups excluding carboxylic acids is 1. The summed E-state index contributed by atoms with van der Waals surface area (Å²) in [6.45, 7) is 5.24. The summed E-state index contributed by atoms with van der Waals surface area (Å²) in [6.07, 6.45) is 1.31. The Labute approximate surface area is 151 Å². The molecule has 0 spiro atoms. The van der Waals surface area contributed by atoms with E-state index in [4.69, 9.17) is 4.74 Å². The van der Waals surface area contributed by atoms with Gasteiger partial charge in [-0.15, -0.1) is 0 Å². The lowest BCUT2D eigenvalue weighted by Gasteiger charge is -2.32. The number of benzene rings is 1. The number of hydrogen-bond acceptors (Lipinski definition) is 6. The summed E-state index contributed by atoms with van der Waals surface area (Å²) in [7, 11) is 0. The Hall–Kier alpha value is -2.90. The summed E-state index contributed by atoms with van der Waals surface area (Å²) < 4.78 is 5.04. The molecule has 1 N–H and O–H groups in total. The van der Waals surface area contributed by atoms with Gasteiger partial charge in [0.2, 0.25) is 0 Å². The zero-order valence-corrected chi connectivity index (χ0v) is 14.9. The normalized spacial score (nSPS) is 15.1. The van der Waals surface area contributed by atoms with Crippen molar-refractivity contribution in [2.75, 3.05) is 25.0 Å². The number of nitro benzene ring substituents is 1. The molecule has 0 radical (unpaired) electrons. The molecule has 0 bridgehead atoms. The zero-order chi connectivity index (χ0) is 18.7. The third-order valence-electron chi connectivity index (χ3n) is 4.52. The van der Waals surface area contributed by atoms with Gasteiger partial charge in [-0.05, 0) is 32.8 Å². The van der Waals surface area contributed by atoms with Crippen molar-refractivity contribution in [1.82, 2.24) is 9.88 Å². The van der Waals surface area contributed by atoms with Gasteiger partial charge < -0.3 is 15.0 Å². The third kappa shape index (κ3) is 3.68. The molecule has 0 saturated carbocycles. The number of non-ortho nitro benzene ring substituents is 1. The van der Waals surface area contributed by atoms with Crippen LogP contribution in [0.2, 0.25) is 0 Å². The molecule has 0 aliphatic carbocycles. The third-order valence-corrected chi connectivity index (χ3v) is 4.52. The van der Waals surface area contributed by atoms with E-state index in [2.05, 4.69) is 10.3 Å². The van der Waals surface area contributed by atoms with Crippen LogP contribution in [-0.4, -0.2) is 46.6 Å². The number of aryl methyl sites for hydroxylation is 1. The van der Waals surface area contributed by atoms with Gasteiger partial charge >= 0.3 is 6.09 Å². The molecular formula is C18H22N4O4. The number of nitrogens with zero attached hydrogens (tertiary/aromatic N) is 3. The molecule has 138 valence electrons. The van der Waals surface area contributed by atoms with Crippen LogP contribution in [0.5, 0.6) is 0 Å². The maximum absolute atomic E-state index is 11.8. The van der Waals surface area contributed by atoms with Gasteiger partial charge in [-0.1, -0.05) is 12.1 Å². The molecule has 1 aliphatic heterocycles. The maximum atomic E-state index is 11.8. The summed E-state index contributed by atoms with van der Waals surface area (Å²) in [5.41, 5.74) is 1.96. The Morgan fingerprint density at radius 1 is 1.42 bits per heavy atom. The molecule has 1 amide bonds. The number of carbonyl (C=O) groups is 1. The summed E-state index contributed by atoms with van der Waals surface area (Å²) in [5, 5.41) is 15.5. The minimum atomic E-state index is -0.406. The lowest BCUT2D eigenvalue weighted by molar-refractivity contribution is -0.383. The largest absolute Gasteiger partial charge is 0.450 e. The number of anilines is 1. The van der Waals surface area contributed by atoms with E-state index < -0.39 is 4.92 Å².